The van der Waals surface area contributed by atoms with Crippen LogP contribution in [0.2, 0.25) is 0 Å². The van der Waals surface area contributed by atoms with E-state index in [-0.39, 0.29) is 17.9 Å². The molecule has 5 aromatic rings. The highest BCUT2D eigenvalue weighted by molar-refractivity contribution is 6.45. The van der Waals surface area contributed by atoms with E-state index in [4.69, 9.17) is 9.47 Å². The molecule has 0 unspecified atom stereocenters. The highest BCUT2D eigenvalue weighted by Gasteiger charge is 2.31. The van der Waals surface area contributed by atoms with Crippen LogP contribution in [0.25, 0.3) is 28.0 Å². The number of anilines is 1. The summed E-state index contributed by atoms with van der Waals surface area (Å²) in [5.41, 5.74) is 2.28. The Hall–Kier alpha value is -5.60. The lowest BCUT2D eigenvalue weighted by Gasteiger charge is -2.34. The first-order valence-electron chi connectivity index (χ1n) is 13.2. The van der Waals surface area contributed by atoms with Crippen molar-refractivity contribution in [3.8, 4) is 22.8 Å². The van der Waals surface area contributed by atoms with Gasteiger partial charge >= 0.3 is 5.97 Å². The summed E-state index contributed by atoms with van der Waals surface area (Å²) in [4.78, 5) is 50.0. The minimum absolute atomic E-state index is 0.145. The van der Waals surface area contributed by atoms with E-state index in [0.717, 1.165) is 5.69 Å². The lowest BCUT2D eigenvalue weighted by molar-refractivity contribution is -0.126. The maximum atomic E-state index is 13.5. The Morgan fingerprint density at radius 2 is 1.86 bits per heavy atom. The van der Waals surface area contributed by atoms with Crippen LogP contribution in [0.15, 0.2) is 48.8 Å². The third kappa shape index (κ3) is 4.70. The topological polar surface area (TPSA) is 177 Å². The molecule has 1 aromatic carbocycles. The van der Waals surface area contributed by atoms with Crippen molar-refractivity contribution in [1.29, 1.82) is 0 Å². The van der Waals surface area contributed by atoms with E-state index in [9.17, 15) is 14.4 Å². The first-order chi connectivity index (χ1) is 20.5. The van der Waals surface area contributed by atoms with Crippen LogP contribution >= 0.6 is 0 Å². The molecule has 5 heterocycles. The standard InChI is InChI=1S/C27H26N10O5/c1-3-42-26(40)19-13-18(30-31-19)22-23-21(20(41-2)15-29-22)17(14-28-23)24(38)25(39)35-9-11-36(12-10-35)27-32-33-34-37(27)16-7-5-4-6-8-16/h4-8,13-15,28H,3,9-12H2,1-2H3,(H,30,31). The molecule has 42 heavy (non-hydrogen) atoms. The largest absolute Gasteiger partial charge is 0.494 e. The predicted octanol–water partition coefficient (Wildman–Crippen LogP) is 1.65. The number of tetrazole rings is 1. The molecular weight excluding hydrogens is 544 g/mol. The van der Waals surface area contributed by atoms with Crippen LogP contribution in [0, 0.1) is 0 Å². The van der Waals surface area contributed by atoms with Gasteiger partial charge < -0.3 is 24.3 Å². The Kier molecular flexibility index (Phi) is 7.04. The van der Waals surface area contributed by atoms with Crippen LogP contribution in [0.1, 0.15) is 27.8 Å². The number of amides is 1. The number of hydrogen-bond acceptors (Lipinski definition) is 11. The number of carbonyl (C=O) groups excluding carboxylic acids is 3. The van der Waals surface area contributed by atoms with E-state index in [1.165, 1.54) is 30.5 Å². The molecule has 0 radical (unpaired) electrons. The number of piperazine rings is 1. The number of aromatic amines is 2. The van der Waals surface area contributed by atoms with Crippen LogP contribution < -0.4 is 9.64 Å². The monoisotopic (exact) mass is 570 g/mol. The van der Waals surface area contributed by atoms with Crippen molar-refractivity contribution >= 4 is 34.5 Å². The van der Waals surface area contributed by atoms with Crippen molar-refractivity contribution < 1.29 is 23.9 Å². The second kappa shape index (κ2) is 11.1. The van der Waals surface area contributed by atoms with Crippen LogP contribution in [0.4, 0.5) is 5.95 Å². The number of hydrogen-bond donors (Lipinski definition) is 2. The molecule has 6 rings (SSSR count). The fourth-order valence-corrected chi connectivity index (χ4v) is 4.89. The number of ketones is 1. The highest BCUT2D eigenvalue weighted by atomic mass is 16.5. The van der Waals surface area contributed by atoms with Gasteiger partial charge in [-0.25, -0.2) is 9.78 Å². The van der Waals surface area contributed by atoms with E-state index >= 15 is 0 Å². The number of esters is 1. The summed E-state index contributed by atoms with van der Waals surface area (Å²) in [7, 11) is 1.45. The molecule has 0 atom stereocenters. The number of nitrogens with zero attached hydrogens (tertiary/aromatic N) is 8. The number of aromatic nitrogens is 8. The molecule has 0 aliphatic carbocycles. The highest BCUT2D eigenvalue weighted by Crippen LogP contribution is 2.34. The fourth-order valence-electron chi connectivity index (χ4n) is 4.89. The molecule has 1 fully saturated rings. The molecule has 1 aliphatic heterocycles. The first kappa shape index (κ1) is 26.6. The molecule has 1 aliphatic rings. The number of carbonyl (C=O) groups is 3. The number of Topliss-reactive ketones (excluding diaryl/α,β-unsaturated/α-hetero) is 1. The number of ether oxygens (including phenoxy) is 2. The van der Waals surface area contributed by atoms with Crippen LogP contribution in [-0.4, -0.2) is 103 Å². The third-order valence-corrected chi connectivity index (χ3v) is 6.95. The molecular formula is C27H26N10O5. The van der Waals surface area contributed by atoms with Crippen molar-refractivity contribution in [3.63, 3.8) is 0 Å². The molecule has 0 saturated carbocycles. The average Bonchev–Trinajstić information content (AvgIpc) is 3.81. The zero-order chi connectivity index (χ0) is 29.2. The minimum atomic E-state index is -0.687. The van der Waals surface area contributed by atoms with Gasteiger partial charge in [0.2, 0.25) is 5.95 Å². The number of nitrogens with one attached hydrogen (secondary N) is 2. The Morgan fingerprint density at radius 3 is 2.60 bits per heavy atom. The van der Waals surface area contributed by atoms with Gasteiger partial charge in [-0.15, -0.1) is 0 Å². The molecule has 0 bridgehead atoms. The lowest BCUT2D eigenvalue weighted by Crippen LogP contribution is -2.51. The number of rotatable bonds is 8. The Morgan fingerprint density at radius 1 is 1.07 bits per heavy atom. The smallest absolute Gasteiger partial charge is 0.356 e. The van der Waals surface area contributed by atoms with Crippen LogP contribution in [-0.2, 0) is 9.53 Å². The fraction of sp³-hybridized carbons (Fsp3) is 0.259. The number of pyridine rings is 1. The zero-order valence-corrected chi connectivity index (χ0v) is 22.8. The lowest BCUT2D eigenvalue weighted by atomic mass is 10.1. The minimum Gasteiger partial charge on any atom is -0.494 e. The molecule has 2 N–H and O–H groups in total. The van der Waals surface area contributed by atoms with Crippen LogP contribution in [0.5, 0.6) is 5.75 Å². The Balaban J connectivity index is 1.22. The van der Waals surface area contributed by atoms with Gasteiger partial charge in [0.15, 0.2) is 0 Å². The maximum absolute atomic E-state index is 13.5. The van der Waals surface area contributed by atoms with Crippen molar-refractivity contribution in [2.75, 3.05) is 44.8 Å². The SMILES string of the molecule is CCOC(=O)c1cc(-c2ncc(OC)c3c(C(=O)C(=O)N4CCN(c5nnnn5-c5ccccc5)CC4)c[nH]c23)n[nH]1. The van der Waals surface area contributed by atoms with Crippen molar-refractivity contribution in [2.45, 2.75) is 6.92 Å². The summed E-state index contributed by atoms with van der Waals surface area (Å²) in [5.74, 6) is -1.00. The quantitative estimate of drug-likeness (QED) is 0.157. The normalized spacial score (nSPS) is 13.4. The molecule has 15 heteroatoms. The van der Waals surface area contributed by atoms with E-state index in [0.29, 0.717) is 60.2 Å². The van der Waals surface area contributed by atoms with Crippen molar-refractivity contribution in [3.05, 3.63) is 60.0 Å². The summed E-state index contributed by atoms with van der Waals surface area (Å²) in [6.07, 6.45) is 2.91. The number of H-pyrrole nitrogens is 2. The van der Waals surface area contributed by atoms with Gasteiger partial charge in [0, 0.05) is 38.4 Å². The second-order valence-electron chi connectivity index (χ2n) is 9.35. The van der Waals surface area contributed by atoms with Gasteiger partial charge in [-0.3, -0.25) is 14.7 Å². The molecule has 4 aromatic heterocycles. The molecule has 0 spiro atoms. The van der Waals surface area contributed by atoms with Gasteiger partial charge in [0.1, 0.15) is 22.8 Å². The van der Waals surface area contributed by atoms with Crippen molar-refractivity contribution in [1.82, 2.24) is 45.3 Å². The molecule has 1 saturated heterocycles. The summed E-state index contributed by atoms with van der Waals surface area (Å²) in [6, 6.07) is 11.0. The molecule has 1 amide bonds. The summed E-state index contributed by atoms with van der Waals surface area (Å²) in [5, 5.41) is 19.3. The average molecular weight is 571 g/mol. The predicted molar refractivity (Wildman–Crippen MR) is 148 cm³/mol. The van der Waals surface area contributed by atoms with Gasteiger partial charge in [-0.05, 0) is 29.5 Å². The van der Waals surface area contributed by atoms with Crippen LogP contribution in [0.3, 0.4) is 0 Å². The number of methoxy groups -OCH3 is 1. The molecule has 15 nitrogen and oxygen atoms in total. The second-order valence-corrected chi connectivity index (χ2v) is 9.35. The number of fused-ring (bicyclic) bond motifs is 1. The van der Waals surface area contributed by atoms with E-state index in [1.807, 2.05) is 35.2 Å². The zero-order valence-electron chi connectivity index (χ0n) is 22.8. The van der Waals surface area contributed by atoms with Gasteiger partial charge in [0.05, 0.1) is 42.1 Å². The van der Waals surface area contributed by atoms with E-state index in [2.05, 4.69) is 35.7 Å². The summed E-state index contributed by atoms with van der Waals surface area (Å²) in [6.45, 7) is 3.43. The summed E-state index contributed by atoms with van der Waals surface area (Å²) >= 11 is 0. The maximum Gasteiger partial charge on any atom is 0.356 e. The summed E-state index contributed by atoms with van der Waals surface area (Å²) < 4.78 is 12.1. The van der Waals surface area contributed by atoms with Gasteiger partial charge in [0.25, 0.3) is 11.7 Å². The van der Waals surface area contributed by atoms with Crippen molar-refractivity contribution in [2.24, 2.45) is 0 Å². The Labute approximate surface area is 238 Å². The van der Waals surface area contributed by atoms with Gasteiger partial charge in [-0.2, -0.15) is 9.78 Å². The van der Waals surface area contributed by atoms with E-state index in [1.54, 1.807) is 11.6 Å². The first-order valence-corrected chi connectivity index (χ1v) is 13.2. The number of benzene rings is 1. The number of para-hydroxylation sites is 1. The van der Waals surface area contributed by atoms with Gasteiger partial charge in [-0.1, -0.05) is 23.3 Å². The van der Waals surface area contributed by atoms with E-state index < -0.39 is 17.7 Å². The third-order valence-electron chi connectivity index (χ3n) is 6.95. The Bertz CT molecular complexity index is 1770. The molecule has 214 valence electrons.